The molecule has 2 amide bonds. The first-order valence-electron chi connectivity index (χ1n) is 7.14. The molecule has 5 nitrogen and oxygen atoms in total. The minimum atomic E-state index is -0.138. The second-order valence-electron chi connectivity index (χ2n) is 5.18. The maximum absolute atomic E-state index is 12.5. The molecule has 0 radical (unpaired) electrons. The number of rotatable bonds is 4. The Bertz CT molecular complexity index is 521. The highest BCUT2D eigenvalue weighted by atomic mass is 79.9. The summed E-state index contributed by atoms with van der Waals surface area (Å²) in [5.74, 6) is -0.166. The van der Waals surface area contributed by atoms with Gasteiger partial charge in [-0.1, -0.05) is 22.0 Å². The summed E-state index contributed by atoms with van der Waals surface area (Å²) in [6.07, 6.45) is 1.67. The number of carbonyl (C=O) groups is 2. The molecule has 1 aromatic rings. The highest BCUT2D eigenvalue weighted by molar-refractivity contribution is 9.10. The van der Waals surface area contributed by atoms with Gasteiger partial charge in [0.25, 0.3) is 5.91 Å². The van der Waals surface area contributed by atoms with E-state index in [0.29, 0.717) is 31.7 Å². The topological polar surface area (TPSA) is 75.4 Å². The van der Waals surface area contributed by atoms with Gasteiger partial charge in [-0.05, 0) is 31.0 Å². The summed E-state index contributed by atoms with van der Waals surface area (Å²) in [6, 6.07) is 7.33. The first-order valence-corrected chi connectivity index (χ1v) is 7.93. The van der Waals surface area contributed by atoms with E-state index in [1.165, 1.54) is 0 Å². The van der Waals surface area contributed by atoms with Gasteiger partial charge in [0.1, 0.15) is 0 Å². The van der Waals surface area contributed by atoms with Crippen molar-refractivity contribution >= 4 is 27.7 Å². The molecule has 2 rings (SSSR count). The van der Waals surface area contributed by atoms with Gasteiger partial charge in [0.15, 0.2) is 0 Å². The van der Waals surface area contributed by atoms with E-state index in [4.69, 9.17) is 5.73 Å². The minimum absolute atomic E-state index is 0.00723. The average Bonchev–Trinajstić information content (AvgIpc) is 2.52. The van der Waals surface area contributed by atoms with Crippen molar-refractivity contribution in [1.29, 1.82) is 0 Å². The van der Waals surface area contributed by atoms with E-state index in [-0.39, 0.29) is 17.7 Å². The molecule has 1 atom stereocenters. The van der Waals surface area contributed by atoms with Crippen LogP contribution < -0.4 is 11.1 Å². The molecule has 114 valence electrons. The van der Waals surface area contributed by atoms with Crippen molar-refractivity contribution < 1.29 is 9.59 Å². The molecule has 1 unspecified atom stereocenters. The van der Waals surface area contributed by atoms with Crippen LogP contribution in [0.4, 0.5) is 0 Å². The molecule has 0 spiro atoms. The third kappa shape index (κ3) is 4.28. The second-order valence-corrected chi connectivity index (χ2v) is 6.10. The lowest BCUT2D eigenvalue weighted by molar-refractivity contribution is -0.126. The number of nitrogens with two attached hydrogens (primary N) is 1. The van der Waals surface area contributed by atoms with Gasteiger partial charge in [-0.2, -0.15) is 0 Å². The van der Waals surface area contributed by atoms with Crippen LogP contribution in [-0.2, 0) is 4.79 Å². The number of benzene rings is 1. The normalized spacial score (nSPS) is 18.4. The third-order valence-electron chi connectivity index (χ3n) is 3.59. The highest BCUT2D eigenvalue weighted by Crippen LogP contribution is 2.20. The van der Waals surface area contributed by atoms with Gasteiger partial charge < -0.3 is 16.0 Å². The molecule has 1 heterocycles. The number of piperidine rings is 1. The summed E-state index contributed by atoms with van der Waals surface area (Å²) < 4.78 is 0.877. The van der Waals surface area contributed by atoms with Crippen LogP contribution in [0.3, 0.4) is 0 Å². The molecule has 0 bridgehead atoms. The van der Waals surface area contributed by atoms with Crippen molar-refractivity contribution in [2.45, 2.75) is 12.8 Å². The largest absolute Gasteiger partial charge is 0.355 e. The number of hydrogen-bond acceptors (Lipinski definition) is 3. The van der Waals surface area contributed by atoms with Gasteiger partial charge in [0.2, 0.25) is 5.91 Å². The Morgan fingerprint density at radius 2 is 2.24 bits per heavy atom. The molecular weight excluding hydrogens is 334 g/mol. The molecule has 1 aliphatic heterocycles. The van der Waals surface area contributed by atoms with Crippen molar-refractivity contribution in [3.05, 3.63) is 34.3 Å². The number of nitrogens with zero attached hydrogens (tertiary/aromatic N) is 1. The number of carbonyl (C=O) groups excluding carboxylic acids is 2. The molecular formula is C15H20BrN3O2. The fourth-order valence-electron chi connectivity index (χ4n) is 2.52. The SMILES string of the molecule is NCCNC(=O)C1CCCN(C(=O)c2cccc(Br)c2)C1. The molecule has 0 saturated carbocycles. The van der Waals surface area contributed by atoms with Crippen LogP contribution in [0, 0.1) is 5.92 Å². The van der Waals surface area contributed by atoms with E-state index in [0.717, 1.165) is 17.3 Å². The fourth-order valence-corrected chi connectivity index (χ4v) is 2.92. The molecule has 1 saturated heterocycles. The van der Waals surface area contributed by atoms with E-state index in [1.807, 2.05) is 12.1 Å². The Morgan fingerprint density at radius 1 is 1.43 bits per heavy atom. The van der Waals surface area contributed by atoms with E-state index in [2.05, 4.69) is 21.2 Å². The summed E-state index contributed by atoms with van der Waals surface area (Å²) >= 11 is 3.37. The summed E-state index contributed by atoms with van der Waals surface area (Å²) in [5, 5.41) is 2.80. The van der Waals surface area contributed by atoms with E-state index in [9.17, 15) is 9.59 Å². The van der Waals surface area contributed by atoms with Crippen molar-refractivity contribution in [3.8, 4) is 0 Å². The molecule has 0 aromatic heterocycles. The maximum atomic E-state index is 12.5. The molecule has 6 heteroatoms. The van der Waals surface area contributed by atoms with Crippen LogP contribution in [-0.4, -0.2) is 42.9 Å². The van der Waals surface area contributed by atoms with Crippen molar-refractivity contribution in [3.63, 3.8) is 0 Å². The zero-order valence-electron chi connectivity index (χ0n) is 11.8. The second kappa shape index (κ2) is 7.56. The number of amides is 2. The van der Waals surface area contributed by atoms with E-state index < -0.39 is 0 Å². The molecule has 1 aliphatic rings. The smallest absolute Gasteiger partial charge is 0.253 e. The Labute approximate surface area is 133 Å². The van der Waals surface area contributed by atoms with Crippen LogP contribution in [0.5, 0.6) is 0 Å². The van der Waals surface area contributed by atoms with Gasteiger partial charge in [-0.3, -0.25) is 9.59 Å². The Morgan fingerprint density at radius 3 is 2.95 bits per heavy atom. The predicted octanol–water partition coefficient (Wildman–Crippen LogP) is 1.38. The molecule has 1 aromatic carbocycles. The van der Waals surface area contributed by atoms with Gasteiger partial charge in [0.05, 0.1) is 5.92 Å². The van der Waals surface area contributed by atoms with E-state index in [1.54, 1.807) is 17.0 Å². The first-order chi connectivity index (χ1) is 10.1. The molecule has 0 aliphatic carbocycles. The lowest BCUT2D eigenvalue weighted by atomic mass is 9.96. The standard InChI is InChI=1S/C15H20BrN3O2/c16-13-5-1-3-11(9-13)15(21)19-8-2-4-12(10-19)14(20)18-7-6-17/h1,3,5,9,12H,2,4,6-8,10,17H2,(H,18,20). The lowest BCUT2D eigenvalue weighted by Crippen LogP contribution is -2.46. The summed E-state index contributed by atoms with van der Waals surface area (Å²) in [6.45, 7) is 2.09. The Kier molecular flexibility index (Phi) is 5.76. The maximum Gasteiger partial charge on any atom is 0.253 e. The molecule has 21 heavy (non-hydrogen) atoms. The number of halogens is 1. The quantitative estimate of drug-likeness (QED) is 0.858. The minimum Gasteiger partial charge on any atom is -0.355 e. The zero-order chi connectivity index (χ0) is 15.2. The number of likely N-dealkylation sites (tertiary alicyclic amines) is 1. The highest BCUT2D eigenvalue weighted by Gasteiger charge is 2.28. The molecule has 1 fully saturated rings. The summed E-state index contributed by atoms with van der Waals surface area (Å²) in [7, 11) is 0. The lowest BCUT2D eigenvalue weighted by Gasteiger charge is -2.32. The number of hydrogen-bond donors (Lipinski definition) is 2. The monoisotopic (exact) mass is 353 g/mol. The van der Waals surface area contributed by atoms with Crippen LogP contribution in [0.1, 0.15) is 23.2 Å². The molecule has 3 N–H and O–H groups in total. The Balaban J connectivity index is 2.00. The van der Waals surface area contributed by atoms with Gasteiger partial charge in [-0.15, -0.1) is 0 Å². The Hall–Kier alpha value is -1.40. The fraction of sp³-hybridized carbons (Fsp3) is 0.467. The van der Waals surface area contributed by atoms with Gasteiger partial charge in [0, 0.05) is 36.2 Å². The zero-order valence-corrected chi connectivity index (χ0v) is 13.4. The van der Waals surface area contributed by atoms with Crippen LogP contribution in [0.15, 0.2) is 28.7 Å². The predicted molar refractivity (Wildman–Crippen MR) is 84.8 cm³/mol. The van der Waals surface area contributed by atoms with Gasteiger partial charge >= 0.3 is 0 Å². The number of nitrogens with one attached hydrogen (secondary N) is 1. The van der Waals surface area contributed by atoms with Crippen molar-refractivity contribution in [1.82, 2.24) is 10.2 Å². The van der Waals surface area contributed by atoms with Gasteiger partial charge in [-0.25, -0.2) is 0 Å². The van der Waals surface area contributed by atoms with Crippen molar-refractivity contribution in [2.24, 2.45) is 11.7 Å². The van der Waals surface area contributed by atoms with Crippen LogP contribution in [0.25, 0.3) is 0 Å². The summed E-state index contributed by atoms with van der Waals surface area (Å²) in [5.41, 5.74) is 6.03. The van der Waals surface area contributed by atoms with Crippen LogP contribution in [0.2, 0.25) is 0 Å². The third-order valence-corrected chi connectivity index (χ3v) is 4.09. The van der Waals surface area contributed by atoms with E-state index >= 15 is 0 Å². The van der Waals surface area contributed by atoms with Crippen molar-refractivity contribution in [2.75, 3.05) is 26.2 Å². The van der Waals surface area contributed by atoms with Crippen LogP contribution >= 0.6 is 15.9 Å². The summed E-state index contributed by atoms with van der Waals surface area (Å²) in [4.78, 5) is 26.3. The first kappa shape index (κ1) is 16.0. The average molecular weight is 354 g/mol.